The molecular weight excluding hydrogens is 428 g/mol. The molecule has 138 valence electrons. The minimum atomic E-state index is 0.0554. The van der Waals surface area contributed by atoms with Crippen molar-refractivity contribution < 1.29 is 9.90 Å². The zero-order valence-corrected chi connectivity index (χ0v) is 17.0. The second-order valence-corrected chi connectivity index (χ2v) is 8.10. The number of phenols is 1. The van der Waals surface area contributed by atoms with Crippen molar-refractivity contribution >= 4 is 39.3 Å². The van der Waals surface area contributed by atoms with Gasteiger partial charge >= 0.3 is 0 Å². The SMILES string of the molecule is Cn1c(SCC(=O)N2CCc3ccccc32)nnc1-c1cc(Br)ccc1O. The van der Waals surface area contributed by atoms with Crippen LogP contribution in [0.15, 0.2) is 52.1 Å². The molecule has 0 saturated heterocycles. The molecule has 1 amide bonds. The molecule has 1 aromatic heterocycles. The fourth-order valence-electron chi connectivity index (χ4n) is 3.16. The Balaban J connectivity index is 1.49. The normalized spacial score (nSPS) is 13.0. The number of carbonyl (C=O) groups is 1. The Morgan fingerprint density at radius 2 is 2.07 bits per heavy atom. The van der Waals surface area contributed by atoms with Crippen LogP contribution < -0.4 is 4.90 Å². The smallest absolute Gasteiger partial charge is 0.237 e. The van der Waals surface area contributed by atoms with Crippen LogP contribution in [-0.4, -0.2) is 38.1 Å². The summed E-state index contributed by atoms with van der Waals surface area (Å²) in [6.45, 7) is 0.717. The van der Waals surface area contributed by atoms with Crippen LogP contribution in [0.2, 0.25) is 0 Å². The van der Waals surface area contributed by atoms with Crippen molar-refractivity contribution in [2.75, 3.05) is 17.2 Å². The standard InChI is InChI=1S/C19H17BrN4O2S/c1-23-18(14-10-13(20)6-7-16(14)25)21-22-19(23)27-11-17(26)24-9-8-12-4-2-3-5-15(12)24/h2-7,10,25H,8-9,11H2,1H3. The van der Waals surface area contributed by atoms with Gasteiger partial charge in [0.1, 0.15) is 5.75 Å². The Morgan fingerprint density at radius 1 is 1.26 bits per heavy atom. The molecule has 0 spiro atoms. The van der Waals surface area contributed by atoms with Crippen LogP contribution in [0.3, 0.4) is 0 Å². The van der Waals surface area contributed by atoms with Gasteiger partial charge in [0.25, 0.3) is 0 Å². The molecule has 0 aliphatic carbocycles. The van der Waals surface area contributed by atoms with E-state index in [-0.39, 0.29) is 17.4 Å². The van der Waals surface area contributed by atoms with Crippen LogP contribution >= 0.6 is 27.7 Å². The number of fused-ring (bicyclic) bond motifs is 1. The van der Waals surface area contributed by atoms with Crippen LogP contribution in [-0.2, 0) is 18.3 Å². The molecule has 8 heteroatoms. The van der Waals surface area contributed by atoms with E-state index in [4.69, 9.17) is 0 Å². The van der Waals surface area contributed by atoms with Gasteiger partial charge in [-0.25, -0.2) is 0 Å². The van der Waals surface area contributed by atoms with E-state index in [9.17, 15) is 9.90 Å². The minimum absolute atomic E-state index is 0.0554. The van der Waals surface area contributed by atoms with E-state index in [2.05, 4.69) is 32.2 Å². The molecule has 6 nitrogen and oxygen atoms in total. The summed E-state index contributed by atoms with van der Waals surface area (Å²) in [5, 5.41) is 19.1. The van der Waals surface area contributed by atoms with Gasteiger partial charge in [0, 0.05) is 23.8 Å². The van der Waals surface area contributed by atoms with Crippen LogP contribution in [0.5, 0.6) is 5.75 Å². The Labute approximate surface area is 169 Å². The van der Waals surface area contributed by atoms with Crippen LogP contribution in [0.25, 0.3) is 11.4 Å². The molecule has 1 aliphatic rings. The first-order valence-electron chi connectivity index (χ1n) is 8.44. The molecule has 27 heavy (non-hydrogen) atoms. The molecule has 2 aromatic carbocycles. The number of anilines is 1. The molecule has 0 atom stereocenters. The molecule has 0 fully saturated rings. The summed E-state index contributed by atoms with van der Waals surface area (Å²) in [6.07, 6.45) is 0.892. The van der Waals surface area contributed by atoms with Crippen LogP contribution in [0.4, 0.5) is 5.69 Å². The largest absolute Gasteiger partial charge is 0.507 e. The van der Waals surface area contributed by atoms with Gasteiger partial charge in [0.15, 0.2) is 11.0 Å². The third-order valence-corrected chi connectivity index (χ3v) is 6.05. The Hall–Kier alpha value is -2.32. The molecule has 0 bridgehead atoms. The fourth-order valence-corrected chi connectivity index (χ4v) is 4.31. The maximum atomic E-state index is 12.7. The first-order chi connectivity index (χ1) is 13.0. The third kappa shape index (κ3) is 3.46. The minimum Gasteiger partial charge on any atom is -0.507 e. The number of thioether (sulfide) groups is 1. The maximum absolute atomic E-state index is 12.7. The number of nitrogens with zero attached hydrogens (tertiary/aromatic N) is 4. The lowest BCUT2D eigenvalue weighted by Gasteiger charge is -2.16. The summed E-state index contributed by atoms with van der Waals surface area (Å²) in [4.78, 5) is 14.5. The van der Waals surface area contributed by atoms with E-state index < -0.39 is 0 Å². The van der Waals surface area contributed by atoms with Gasteiger partial charge in [-0.1, -0.05) is 45.9 Å². The van der Waals surface area contributed by atoms with Crippen LogP contribution in [0, 0.1) is 0 Å². The zero-order chi connectivity index (χ0) is 19.0. The summed E-state index contributed by atoms with van der Waals surface area (Å²) in [5.41, 5.74) is 2.80. The van der Waals surface area contributed by atoms with Crippen molar-refractivity contribution in [2.24, 2.45) is 7.05 Å². The highest BCUT2D eigenvalue weighted by Gasteiger charge is 2.24. The lowest BCUT2D eigenvalue weighted by molar-refractivity contribution is -0.116. The van der Waals surface area contributed by atoms with Crippen molar-refractivity contribution in [3.05, 3.63) is 52.5 Å². The first-order valence-corrected chi connectivity index (χ1v) is 10.2. The van der Waals surface area contributed by atoms with E-state index in [0.29, 0.717) is 23.1 Å². The van der Waals surface area contributed by atoms with Gasteiger partial charge in [-0.2, -0.15) is 0 Å². The molecule has 4 rings (SSSR count). The van der Waals surface area contributed by atoms with Gasteiger partial charge in [-0.3, -0.25) is 4.79 Å². The predicted octanol–water partition coefficient (Wildman–Crippen LogP) is 3.63. The lowest BCUT2D eigenvalue weighted by atomic mass is 10.2. The van der Waals surface area contributed by atoms with Crippen molar-refractivity contribution in [1.82, 2.24) is 14.8 Å². The molecule has 0 saturated carbocycles. The van der Waals surface area contributed by atoms with Gasteiger partial charge in [0.05, 0.1) is 11.3 Å². The number of amides is 1. The molecule has 1 N–H and O–H groups in total. The highest BCUT2D eigenvalue weighted by atomic mass is 79.9. The molecule has 1 aliphatic heterocycles. The van der Waals surface area contributed by atoms with E-state index in [1.165, 1.54) is 17.3 Å². The first kappa shape index (κ1) is 18.1. The number of halogens is 1. The maximum Gasteiger partial charge on any atom is 0.237 e. The van der Waals surface area contributed by atoms with E-state index in [1.54, 1.807) is 22.8 Å². The predicted molar refractivity (Wildman–Crippen MR) is 109 cm³/mol. The summed E-state index contributed by atoms with van der Waals surface area (Å²) >= 11 is 4.75. The Morgan fingerprint density at radius 3 is 2.93 bits per heavy atom. The molecular formula is C19H17BrN4O2S. The van der Waals surface area contributed by atoms with Crippen molar-refractivity contribution in [2.45, 2.75) is 11.6 Å². The number of phenolic OH excluding ortho intramolecular Hbond substituents is 1. The highest BCUT2D eigenvalue weighted by Crippen LogP contribution is 2.33. The van der Waals surface area contributed by atoms with Crippen molar-refractivity contribution in [3.8, 4) is 17.1 Å². The Kier molecular flexibility index (Phi) is 4.92. The lowest BCUT2D eigenvalue weighted by Crippen LogP contribution is -2.30. The van der Waals surface area contributed by atoms with Crippen molar-refractivity contribution in [1.29, 1.82) is 0 Å². The number of aromatic hydroxyl groups is 1. The van der Waals surface area contributed by atoms with Gasteiger partial charge < -0.3 is 14.6 Å². The topological polar surface area (TPSA) is 71.2 Å². The van der Waals surface area contributed by atoms with Gasteiger partial charge in [-0.15, -0.1) is 10.2 Å². The Bertz CT molecular complexity index is 1020. The number of aromatic nitrogens is 3. The van der Waals surface area contributed by atoms with Crippen molar-refractivity contribution in [3.63, 3.8) is 0 Å². The second-order valence-electron chi connectivity index (χ2n) is 6.24. The summed E-state index contributed by atoms with van der Waals surface area (Å²) < 4.78 is 2.63. The average molecular weight is 445 g/mol. The number of rotatable bonds is 4. The summed E-state index contributed by atoms with van der Waals surface area (Å²) in [6, 6.07) is 13.2. The molecule has 0 unspecified atom stereocenters. The number of hydrogen-bond donors (Lipinski definition) is 1. The number of hydrogen-bond acceptors (Lipinski definition) is 5. The van der Waals surface area contributed by atoms with Gasteiger partial charge in [0.2, 0.25) is 5.91 Å². The molecule has 0 radical (unpaired) electrons. The quantitative estimate of drug-likeness (QED) is 0.622. The zero-order valence-electron chi connectivity index (χ0n) is 14.6. The van der Waals surface area contributed by atoms with Gasteiger partial charge in [-0.05, 0) is 36.2 Å². The van der Waals surface area contributed by atoms with E-state index in [0.717, 1.165) is 16.6 Å². The highest BCUT2D eigenvalue weighted by molar-refractivity contribution is 9.10. The summed E-state index contributed by atoms with van der Waals surface area (Å²) in [5.74, 6) is 1.02. The number of carbonyl (C=O) groups excluding carboxylic acids is 1. The number of benzene rings is 2. The summed E-state index contributed by atoms with van der Waals surface area (Å²) in [7, 11) is 1.83. The fraction of sp³-hybridized carbons (Fsp3) is 0.211. The monoisotopic (exact) mass is 444 g/mol. The molecule has 2 heterocycles. The average Bonchev–Trinajstić information content (AvgIpc) is 3.25. The van der Waals surface area contributed by atoms with Crippen LogP contribution in [0.1, 0.15) is 5.56 Å². The third-order valence-electron chi connectivity index (χ3n) is 4.55. The van der Waals surface area contributed by atoms with E-state index >= 15 is 0 Å². The number of para-hydroxylation sites is 1. The second kappa shape index (κ2) is 7.36. The molecule has 3 aromatic rings. The van der Waals surface area contributed by atoms with E-state index in [1.807, 2.05) is 30.1 Å².